The molecular formula is C23H27N3O3. The van der Waals surface area contributed by atoms with Crippen LogP contribution in [0, 0.1) is 19.8 Å². The smallest absolute Gasteiger partial charge is 0.256 e. The Labute approximate surface area is 171 Å². The number of carbonyl (C=O) groups excluding carboxylic acids is 3. The summed E-state index contributed by atoms with van der Waals surface area (Å²) in [4.78, 5) is 38.7. The molecule has 1 fully saturated rings. The van der Waals surface area contributed by atoms with Gasteiger partial charge in [-0.1, -0.05) is 32.0 Å². The molecule has 1 aliphatic heterocycles. The molecule has 0 bridgehead atoms. The highest BCUT2D eigenvalue weighted by molar-refractivity contribution is 6.23. The largest absolute Gasteiger partial charge is 0.373 e. The summed E-state index contributed by atoms with van der Waals surface area (Å²) in [6, 6.07) is 12.3. The molecule has 0 spiro atoms. The van der Waals surface area contributed by atoms with E-state index >= 15 is 0 Å². The lowest BCUT2D eigenvalue weighted by Crippen LogP contribution is -2.35. The fraction of sp³-hybridized carbons (Fsp3) is 0.348. The zero-order chi connectivity index (χ0) is 21.1. The van der Waals surface area contributed by atoms with Gasteiger partial charge in [-0.15, -0.1) is 0 Å². The molecule has 29 heavy (non-hydrogen) atoms. The fourth-order valence-corrected chi connectivity index (χ4v) is 3.57. The van der Waals surface area contributed by atoms with Crippen molar-refractivity contribution in [3.63, 3.8) is 0 Å². The van der Waals surface area contributed by atoms with Gasteiger partial charge in [0.15, 0.2) is 0 Å². The normalized spacial score (nSPS) is 16.4. The summed E-state index contributed by atoms with van der Waals surface area (Å²) in [5.74, 6) is -0.188. The van der Waals surface area contributed by atoms with Crippen molar-refractivity contribution in [1.82, 2.24) is 0 Å². The average Bonchev–Trinajstić information content (AvgIpc) is 2.90. The highest BCUT2D eigenvalue weighted by atomic mass is 16.2. The van der Waals surface area contributed by atoms with Crippen molar-refractivity contribution in [1.29, 1.82) is 0 Å². The van der Waals surface area contributed by atoms with Crippen LogP contribution < -0.4 is 15.5 Å². The molecule has 0 radical (unpaired) electrons. The summed E-state index contributed by atoms with van der Waals surface area (Å²) in [5.41, 5.74) is 3.89. The zero-order valence-corrected chi connectivity index (χ0v) is 17.3. The number of amides is 3. The molecule has 2 N–H and O–H groups in total. The van der Waals surface area contributed by atoms with E-state index in [2.05, 4.69) is 10.6 Å². The highest BCUT2D eigenvalue weighted by Crippen LogP contribution is 2.30. The minimum absolute atomic E-state index is 0.0264. The van der Waals surface area contributed by atoms with Gasteiger partial charge in [0.25, 0.3) is 5.91 Å². The van der Waals surface area contributed by atoms with E-state index in [4.69, 9.17) is 0 Å². The van der Waals surface area contributed by atoms with Crippen molar-refractivity contribution in [3.05, 3.63) is 53.6 Å². The van der Waals surface area contributed by atoms with Gasteiger partial charge in [-0.3, -0.25) is 14.4 Å². The Hall–Kier alpha value is -3.15. The summed E-state index contributed by atoms with van der Waals surface area (Å²) in [7, 11) is 0. The molecule has 3 amide bonds. The van der Waals surface area contributed by atoms with E-state index in [1.807, 2.05) is 45.9 Å². The van der Waals surface area contributed by atoms with Crippen LogP contribution in [0.4, 0.5) is 17.1 Å². The van der Waals surface area contributed by atoms with Crippen LogP contribution in [0.15, 0.2) is 42.5 Å². The van der Waals surface area contributed by atoms with Crippen LogP contribution in [0.1, 0.15) is 37.8 Å². The van der Waals surface area contributed by atoms with Crippen molar-refractivity contribution < 1.29 is 14.4 Å². The van der Waals surface area contributed by atoms with E-state index < -0.39 is 6.04 Å². The second kappa shape index (κ2) is 8.47. The molecular weight excluding hydrogens is 366 g/mol. The maximum absolute atomic E-state index is 12.9. The van der Waals surface area contributed by atoms with Crippen LogP contribution in [0.3, 0.4) is 0 Å². The molecule has 1 heterocycles. The minimum Gasteiger partial charge on any atom is -0.373 e. The van der Waals surface area contributed by atoms with E-state index in [0.29, 0.717) is 23.7 Å². The van der Waals surface area contributed by atoms with Gasteiger partial charge in [0.05, 0.1) is 12.1 Å². The van der Waals surface area contributed by atoms with Crippen molar-refractivity contribution in [2.24, 2.45) is 5.92 Å². The van der Waals surface area contributed by atoms with E-state index in [9.17, 15) is 14.4 Å². The lowest BCUT2D eigenvalue weighted by Gasteiger charge is -2.20. The van der Waals surface area contributed by atoms with Crippen LogP contribution in [0.2, 0.25) is 0 Å². The van der Waals surface area contributed by atoms with Gasteiger partial charge in [-0.25, -0.2) is 4.90 Å². The first-order valence-electron chi connectivity index (χ1n) is 9.85. The summed E-state index contributed by atoms with van der Waals surface area (Å²) in [5, 5.41) is 6.00. The van der Waals surface area contributed by atoms with Gasteiger partial charge in [0.1, 0.15) is 6.04 Å². The van der Waals surface area contributed by atoms with Crippen molar-refractivity contribution in [2.75, 3.05) is 15.5 Å². The Bertz CT molecular complexity index is 915. The van der Waals surface area contributed by atoms with Crippen LogP contribution >= 0.6 is 0 Å². The van der Waals surface area contributed by atoms with Gasteiger partial charge in [-0.2, -0.15) is 0 Å². The first-order valence-corrected chi connectivity index (χ1v) is 9.85. The lowest BCUT2D eigenvalue weighted by atomic mass is 10.1. The molecule has 0 aliphatic carbocycles. The molecule has 152 valence electrons. The third-order valence-electron chi connectivity index (χ3n) is 4.91. The first-order chi connectivity index (χ1) is 13.8. The number of aryl methyl sites for hydroxylation is 2. The molecule has 1 atom stereocenters. The summed E-state index contributed by atoms with van der Waals surface area (Å²) < 4.78 is 0. The number of anilines is 3. The molecule has 6 heteroatoms. The Morgan fingerprint density at radius 2 is 1.62 bits per heavy atom. The minimum atomic E-state index is -0.608. The van der Waals surface area contributed by atoms with E-state index in [1.165, 1.54) is 4.90 Å². The number of nitrogens with zero attached hydrogens (tertiary/aromatic N) is 1. The molecule has 6 nitrogen and oxygen atoms in total. The van der Waals surface area contributed by atoms with Gasteiger partial charge in [0.2, 0.25) is 11.8 Å². The Morgan fingerprint density at radius 1 is 1.03 bits per heavy atom. The molecule has 1 saturated heterocycles. The molecule has 0 saturated carbocycles. The maximum Gasteiger partial charge on any atom is 0.256 e. The number of hydrogen-bond acceptors (Lipinski definition) is 4. The van der Waals surface area contributed by atoms with E-state index in [0.717, 1.165) is 16.8 Å². The van der Waals surface area contributed by atoms with E-state index in [1.54, 1.807) is 24.3 Å². The number of nitrogens with one attached hydrogen (secondary N) is 2. The predicted molar refractivity (Wildman–Crippen MR) is 115 cm³/mol. The average molecular weight is 393 g/mol. The SMILES string of the molecule is Cc1cccc(C)c1N1C(=O)C[C@@H](Nc2ccc(NC(=O)CC(C)C)cc2)C1=O. The van der Waals surface area contributed by atoms with Crippen LogP contribution in [-0.4, -0.2) is 23.8 Å². The Kier molecular flexibility index (Phi) is 6.01. The topological polar surface area (TPSA) is 78.5 Å². The maximum atomic E-state index is 12.9. The summed E-state index contributed by atoms with van der Waals surface area (Å²) >= 11 is 0. The third kappa shape index (κ3) is 4.65. The van der Waals surface area contributed by atoms with Crippen molar-refractivity contribution >= 4 is 34.8 Å². The molecule has 0 unspecified atom stereocenters. The fourth-order valence-electron chi connectivity index (χ4n) is 3.57. The quantitative estimate of drug-likeness (QED) is 0.726. The zero-order valence-electron chi connectivity index (χ0n) is 17.3. The molecule has 2 aromatic carbocycles. The third-order valence-corrected chi connectivity index (χ3v) is 4.91. The molecule has 3 rings (SSSR count). The van der Waals surface area contributed by atoms with E-state index in [-0.39, 0.29) is 24.1 Å². The van der Waals surface area contributed by atoms with Crippen LogP contribution in [0.5, 0.6) is 0 Å². The van der Waals surface area contributed by atoms with Crippen molar-refractivity contribution in [2.45, 2.75) is 46.6 Å². The number of benzene rings is 2. The van der Waals surface area contributed by atoms with Gasteiger partial charge < -0.3 is 10.6 Å². The predicted octanol–water partition coefficient (Wildman–Crippen LogP) is 4.03. The molecule has 0 aromatic heterocycles. The second-order valence-corrected chi connectivity index (χ2v) is 7.93. The van der Waals surface area contributed by atoms with Crippen LogP contribution in [-0.2, 0) is 14.4 Å². The Morgan fingerprint density at radius 3 is 2.21 bits per heavy atom. The van der Waals surface area contributed by atoms with Crippen LogP contribution in [0.25, 0.3) is 0 Å². The van der Waals surface area contributed by atoms with Gasteiger partial charge in [-0.05, 0) is 55.2 Å². The molecule has 1 aliphatic rings. The second-order valence-electron chi connectivity index (χ2n) is 7.93. The first kappa shape index (κ1) is 20.6. The number of hydrogen-bond donors (Lipinski definition) is 2. The van der Waals surface area contributed by atoms with Gasteiger partial charge in [0, 0.05) is 17.8 Å². The number of rotatable bonds is 6. The lowest BCUT2D eigenvalue weighted by molar-refractivity contribution is -0.121. The standard InChI is InChI=1S/C23H27N3O3/c1-14(2)12-20(27)25-18-10-8-17(9-11-18)24-19-13-21(28)26(23(19)29)22-15(3)6-5-7-16(22)4/h5-11,14,19,24H,12-13H2,1-4H3,(H,25,27)/t19-/m1/s1. The Balaban J connectivity index is 1.69. The summed E-state index contributed by atoms with van der Waals surface area (Å²) in [6.45, 7) is 7.79. The summed E-state index contributed by atoms with van der Waals surface area (Å²) in [6.07, 6.45) is 0.576. The van der Waals surface area contributed by atoms with Gasteiger partial charge >= 0.3 is 0 Å². The highest BCUT2D eigenvalue weighted by Gasteiger charge is 2.40. The van der Waals surface area contributed by atoms with Crippen molar-refractivity contribution in [3.8, 4) is 0 Å². The molecule has 2 aromatic rings. The number of para-hydroxylation sites is 1. The number of imide groups is 1. The number of carbonyl (C=O) groups is 3. The monoisotopic (exact) mass is 393 g/mol.